The molecule has 0 saturated heterocycles. The van der Waals surface area contributed by atoms with Gasteiger partial charge in [-0.25, -0.2) is 4.98 Å². The first-order chi connectivity index (χ1) is 11.0. The Labute approximate surface area is 140 Å². The molecular formula is C15H10ClN5OS. The Morgan fingerprint density at radius 2 is 2.09 bits per heavy atom. The Bertz CT molecular complexity index is 976. The average Bonchev–Trinajstić information content (AvgIpc) is 2.85. The van der Waals surface area contributed by atoms with Crippen LogP contribution in [0.4, 0.5) is 17.2 Å². The van der Waals surface area contributed by atoms with Gasteiger partial charge in [0.2, 0.25) is 0 Å². The monoisotopic (exact) mass is 343 g/mol. The molecule has 0 aliphatic carbocycles. The quantitative estimate of drug-likeness (QED) is 0.660. The first-order valence-electron chi connectivity index (χ1n) is 6.45. The zero-order valence-electron chi connectivity index (χ0n) is 11.6. The Balaban J connectivity index is 2.03. The number of para-hydroxylation sites is 1. The van der Waals surface area contributed by atoms with Crippen molar-refractivity contribution in [2.45, 2.75) is 0 Å². The predicted octanol–water partition coefficient (Wildman–Crippen LogP) is 3.24. The van der Waals surface area contributed by atoms with Crippen LogP contribution in [0.15, 0.2) is 30.3 Å². The summed E-state index contributed by atoms with van der Waals surface area (Å²) in [5.41, 5.74) is 12.7. The Morgan fingerprint density at radius 1 is 1.35 bits per heavy atom. The number of aromatic nitrogens is 1. The van der Waals surface area contributed by atoms with E-state index in [0.717, 1.165) is 11.3 Å². The number of amides is 1. The van der Waals surface area contributed by atoms with Crippen LogP contribution >= 0.6 is 22.9 Å². The highest BCUT2D eigenvalue weighted by Gasteiger charge is 2.19. The van der Waals surface area contributed by atoms with Gasteiger partial charge < -0.3 is 16.8 Å². The zero-order chi connectivity index (χ0) is 16.6. The maximum Gasteiger partial charge on any atom is 0.267 e. The zero-order valence-corrected chi connectivity index (χ0v) is 13.2. The van der Waals surface area contributed by atoms with Crippen LogP contribution in [0.5, 0.6) is 0 Å². The lowest BCUT2D eigenvalue weighted by atomic mass is 10.2. The molecule has 0 aliphatic heterocycles. The minimum Gasteiger partial charge on any atom is -0.397 e. The summed E-state index contributed by atoms with van der Waals surface area (Å²) in [4.78, 5) is 17.4. The van der Waals surface area contributed by atoms with Crippen molar-refractivity contribution in [3.8, 4) is 6.07 Å². The van der Waals surface area contributed by atoms with Crippen molar-refractivity contribution in [3.05, 3.63) is 45.8 Å². The number of pyridine rings is 1. The molecule has 6 nitrogen and oxygen atoms in total. The third kappa shape index (κ3) is 2.65. The van der Waals surface area contributed by atoms with E-state index >= 15 is 0 Å². The van der Waals surface area contributed by atoms with Crippen molar-refractivity contribution in [3.63, 3.8) is 0 Å². The standard InChI is InChI=1S/C15H10ClN5OS/c16-9-3-1-2-4-10(9)20-14(22)12-11(18)8-5-7(6-17)13(19)21-15(8)23-12/h1-5H,18H2,(H2,19,21)(H,20,22). The summed E-state index contributed by atoms with van der Waals surface area (Å²) >= 11 is 7.14. The van der Waals surface area contributed by atoms with Gasteiger partial charge in [0.1, 0.15) is 21.6 Å². The number of benzene rings is 1. The van der Waals surface area contributed by atoms with Crippen molar-refractivity contribution in [1.82, 2.24) is 4.98 Å². The highest BCUT2D eigenvalue weighted by molar-refractivity contribution is 7.21. The van der Waals surface area contributed by atoms with Crippen LogP contribution in [-0.2, 0) is 0 Å². The average molecular weight is 344 g/mol. The second-order valence-corrected chi connectivity index (χ2v) is 6.07. The number of fused-ring (bicyclic) bond motifs is 1. The largest absolute Gasteiger partial charge is 0.397 e. The molecule has 0 spiro atoms. The predicted molar refractivity (Wildman–Crippen MR) is 92.6 cm³/mol. The highest BCUT2D eigenvalue weighted by Crippen LogP contribution is 2.35. The van der Waals surface area contributed by atoms with Crippen LogP contribution < -0.4 is 16.8 Å². The number of carbonyl (C=O) groups excluding carboxylic acids is 1. The van der Waals surface area contributed by atoms with E-state index in [1.165, 1.54) is 6.07 Å². The van der Waals surface area contributed by atoms with Crippen LogP contribution in [0.1, 0.15) is 15.2 Å². The molecule has 114 valence electrons. The number of nitrogens with one attached hydrogen (secondary N) is 1. The van der Waals surface area contributed by atoms with Gasteiger partial charge in [0.05, 0.1) is 22.0 Å². The van der Waals surface area contributed by atoms with E-state index in [1.807, 2.05) is 6.07 Å². The lowest BCUT2D eigenvalue weighted by Crippen LogP contribution is -2.12. The topological polar surface area (TPSA) is 118 Å². The Morgan fingerprint density at radius 3 is 2.78 bits per heavy atom. The lowest BCUT2D eigenvalue weighted by molar-refractivity contribution is 0.103. The number of hydrogen-bond donors (Lipinski definition) is 3. The maximum absolute atomic E-state index is 12.4. The second-order valence-electron chi connectivity index (χ2n) is 4.66. The van der Waals surface area contributed by atoms with Gasteiger partial charge in [0.25, 0.3) is 5.91 Å². The third-order valence-electron chi connectivity index (χ3n) is 3.20. The van der Waals surface area contributed by atoms with Crippen molar-refractivity contribution in [1.29, 1.82) is 5.26 Å². The van der Waals surface area contributed by atoms with E-state index in [9.17, 15) is 4.79 Å². The summed E-state index contributed by atoms with van der Waals surface area (Å²) in [6.45, 7) is 0. The highest BCUT2D eigenvalue weighted by atomic mass is 35.5. The molecule has 0 aliphatic rings. The summed E-state index contributed by atoms with van der Waals surface area (Å²) in [5, 5.41) is 12.7. The second kappa shape index (κ2) is 5.76. The molecule has 23 heavy (non-hydrogen) atoms. The molecule has 2 heterocycles. The number of carbonyl (C=O) groups is 1. The first kappa shape index (κ1) is 15.1. The number of nitriles is 1. The summed E-state index contributed by atoms with van der Waals surface area (Å²) in [6, 6.07) is 10.4. The fourth-order valence-electron chi connectivity index (χ4n) is 2.05. The minimum absolute atomic E-state index is 0.110. The van der Waals surface area contributed by atoms with E-state index in [-0.39, 0.29) is 17.1 Å². The molecule has 0 fully saturated rings. The molecule has 3 aromatic rings. The molecule has 0 saturated carbocycles. The maximum atomic E-state index is 12.4. The molecule has 3 rings (SSSR count). The SMILES string of the molecule is N#Cc1cc2c(N)c(C(=O)Nc3ccccc3Cl)sc2nc1N. The number of rotatable bonds is 2. The van der Waals surface area contributed by atoms with E-state index in [1.54, 1.807) is 24.3 Å². The fourth-order valence-corrected chi connectivity index (χ4v) is 3.22. The van der Waals surface area contributed by atoms with Crippen LogP contribution in [0.25, 0.3) is 10.2 Å². The van der Waals surface area contributed by atoms with Gasteiger partial charge in [-0.05, 0) is 18.2 Å². The number of halogens is 1. The molecule has 1 aromatic carbocycles. The van der Waals surface area contributed by atoms with Crippen molar-refractivity contribution < 1.29 is 4.79 Å². The first-order valence-corrected chi connectivity index (χ1v) is 7.65. The molecular weight excluding hydrogens is 334 g/mol. The van der Waals surface area contributed by atoms with Crippen LogP contribution in [0.3, 0.4) is 0 Å². The van der Waals surface area contributed by atoms with Gasteiger partial charge in [0.15, 0.2) is 0 Å². The molecule has 0 radical (unpaired) electrons. The Hall–Kier alpha value is -2.82. The normalized spacial score (nSPS) is 10.4. The summed E-state index contributed by atoms with van der Waals surface area (Å²) in [5.74, 6) is -0.282. The number of thiophene rings is 1. The molecule has 8 heteroatoms. The molecule has 0 atom stereocenters. The minimum atomic E-state index is -0.393. The molecule has 0 bridgehead atoms. The lowest BCUT2D eigenvalue weighted by Gasteiger charge is -2.05. The van der Waals surface area contributed by atoms with Gasteiger partial charge in [-0.1, -0.05) is 23.7 Å². The summed E-state index contributed by atoms with van der Waals surface area (Å²) in [6.07, 6.45) is 0. The number of nitrogens with zero attached hydrogens (tertiary/aromatic N) is 2. The number of nitrogens with two attached hydrogens (primary N) is 2. The molecule has 1 amide bonds. The van der Waals surface area contributed by atoms with E-state index in [0.29, 0.717) is 25.8 Å². The van der Waals surface area contributed by atoms with Gasteiger partial charge in [-0.2, -0.15) is 5.26 Å². The van der Waals surface area contributed by atoms with Crippen molar-refractivity contribution >= 4 is 56.3 Å². The number of anilines is 3. The van der Waals surface area contributed by atoms with Crippen molar-refractivity contribution in [2.75, 3.05) is 16.8 Å². The number of hydrogen-bond acceptors (Lipinski definition) is 6. The fraction of sp³-hybridized carbons (Fsp3) is 0. The summed E-state index contributed by atoms with van der Waals surface area (Å²) < 4.78 is 0. The van der Waals surface area contributed by atoms with Crippen LogP contribution in [0, 0.1) is 11.3 Å². The smallest absolute Gasteiger partial charge is 0.267 e. The van der Waals surface area contributed by atoms with Gasteiger partial charge in [-0.3, -0.25) is 4.79 Å². The Kier molecular flexibility index (Phi) is 3.78. The number of nitrogen functional groups attached to an aromatic ring is 2. The van der Waals surface area contributed by atoms with Gasteiger partial charge in [-0.15, -0.1) is 11.3 Å². The van der Waals surface area contributed by atoms with Gasteiger partial charge >= 0.3 is 0 Å². The van der Waals surface area contributed by atoms with E-state index < -0.39 is 5.91 Å². The molecule has 2 aromatic heterocycles. The van der Waals surface area contributed by atoms with Crippen LogP contribution in [-0.4, -0.2) is 10.9 Å². The van der Waals surface area contributed by atoms with E-state index in [4.69, 9.17) is 28.3 Å². The molecule has 0 unspecified atom stereocenters. The van der Waals surface area contributed by atoms with Crippen molar-refractivity contribution in [2.24, 2.45) is 0 Å². The summed E-state index contributed by atoms with van der Waals surface area (Å²) in [7, 11) is 0. The van der Waals surface area contributed by atoms with E-state index in [2.05, 4.69) is 10.3 Å². The third-order valence-corrected chi connectivity index (χ3v) is 4.64. The van der Waals surface area contributed by atoms with Gasteiger partial charge in [0, 0.05) is 5.39 Å². The van der Waals surface area contributed by atoms with Crippen LogP contribution in [0.2, 0.25) is 5.02 Å². The molecule has 5 N–H and O–H groups in total.